The van der Waals surface area contributed by atoms with Gasteiger partial charge in [-0.05, 0) is 42.3 Å². The molecule has 35 heavy (non-hydrogen) atoms. The molecule has 0 radical (unpaired) electrons. The summed E-state index contributed by atoms with van der Waals surface area (Å²) in [5.41, 5.74) is 2.91. The number of alkyl halides is 3. The highest BCUT2D eigenvalue weighted by Crippen LogP contribution is 2.30. The Labute approximate surface area is 210 Å². The molecule has 0 amide bonds. The molecule has 2 aromatic rings. The number of hydrogen-bond acceptors (Lipinski definition) is 5. The minimum atomic E-state index is -5.08. The Kier molecular flexibility index (Phi) is 10.6. The van der Waals surface area contributed by atoms with Gasteiger partial charge in [-0.2, -0.15) is 13.2 Å². The smallest absolute Gasteiger partial charge is 0.489 e. The number of aliphatic carboxylic acids is 2. The number of halogens is 5. The lowest BCUT2D eigenvalue weighted by Gasteiger charge is -2.33. The number of rotatable bonds is 7. The molecule has 1 aliphatic rings. The average Bonchev–Trinajstić information content (AvgIpc) is 2.77. The number of ether oxygens (including phenoxy) is 2. The monoisotopic (exact) mass is 537 g/mol. The standard InChI is InChI=1S/C21H23Cl2NO4.C2HF3O2/c1-14-11-15(28-13-17-18(22)3-2-4-19(17)23)5-6-16(14)20-12-24(9-10-27-20)8-7-21(25)26;3-2(4,5)1(6)7/h2-6,11,20H,7-10,12-13H2,1H3,(H,25,26);(H,6,7). The van der Waals surface area contributed by atoms with Crippen molar-refractivity contribution in [2.24, 2.45) is 0 Å². The van der Waals surface area contributed by atoms with E-state index in [1.54, 1.807) is 18.2 Å². The fourth-order valence-corrected chi connectivity index (χ4v) is 3.78. The Morgan fingerprint density at radius 2 is 1.80 bits per heavy atom. The van der Waals surface area contributed by atoms with Crippen molar-refractivity contribution in [3.05, 3.63) is 63.1 Å². The van der Waals surface area contributed by atoms with Crippen LogP contribution >= 0.6 is 23.2 Å². The topological polar surface area (TPSA) is 96.3 Å². The predicted octanol–water partition coefficient (Wildman–Crippen LogP) is 5.36. The molecule has 1 fully saturated rings. The van der Waals surface area contributed by atoms with E-state index in [0.717, 1.165) is 29.0 Å². The first kappa shape index (κ1) is 28.7. The van der Waals surface area contributed by atoms with Crippen LogP contribution in [0.4, 0.5) is 13.2 Å². The zero-order valence-corrected chi connectivity index (χ0v) is 20.2. The van der Waals surface area contributed by atoms with Gasteiger partial charge < -0.3 is 19.7 Å². The Morgan fingerprint density at radius 1 is 1.17 bits per heavy atom. The third-order valence-corrected chi connectivity index (χ3v) is 5.78. The number of carboxylic acids is 2. The summed E-state index contributed by atoms with van der Waals surface area (Å²) in [6, 6.07) is 11.3. The van der Waals surface area contributed by atoms with Crippen molar-refractivity contribution in [2.75, 3.05) is 26.2 Å². The third-order valence-electron chi connectivity index (χ3n) is 5.07. The molecule has 2 N–H and O–H groups in total. The fraction of sp³-hybridized carbons (Fsp3) is 0.391. The lowest BCUT2D eigenvalue weighted by molar-refractivity contribution is -0.192. The first-order valence-corrected chi connectivity index (χ1v) is 11.2. The highest BCUT2D eigenvalue weighted by atomic mass is 35.5. The van der Waals surface area contributed by atoms with Crippen LogP contribution in [0.1, 0.15) is 29.2 Å². The van der Waals surface area contributed by atoms with Crippen LogP contribution in [0, 0.1) is 6.92 Å². The summed E-state index contributed by atoms with van der Waals surface area (Å²) < 4.78 is 43.5. The van der Waals surface area contributed by atoms with Gasteiger partial charge in [0, 0.05) is 35.2 Å². The maximum absolute atomic E-state index is 10.8. The molecule has 1 unspecified atom stereocenters. The SMILES string of the molecule is Cc1cc(OCc2c(Cl)cccc2Cl)ccc1C1CN(CCC(=O)O)CCO1.O=C(O)C(F)(F)F. The van der Waals surface area contributed by atoms with E-state index in [4.69, 9.17) is 47.7 Å². The number of nitrogens with zero attached hydrogens (tertiary/aromatic N) is 1. The first-order chi connectivity index (χ1) is 16.4. The van der Waals surface area contributed by atoms with Crippen LogP contribution in [-0.4, -0.2) is 59.5 Å². The summed E-state index contributed by atoms with van der Waals surface area (Å²) in [7, 11) is 0. The zero-order valence-electron chi connectivity index (χ0n) is 18.6. The van der Waals surface area contributed by atoms with E-state index >= 15 is 0 Å². The van der Waals surface area contributed by atoms with Crippen LogP contribution in [-0.2, 0) is 20.9 Å². The van der Waals surface area contributed by atoms with Gasteiger partial charge in [0.15, 0.2) is 0 Å². The molecule has 0 saturated carbocycles. The normalized spacial score (nSPS) is 16.2. The minimum Gasteiger partial charge on any atom is -0.489 e. The van der Waals surface area contributed by atoms with Crippen molar-refractivity contribution in [3.63, 3.8) is 0 Å². The van der Waals surface area contributed by atoms with E-state index in [1.165, 1.54) is 0 Å². The van der Waals surface area contributed by atoms with Crippen LogP contribution < -0.4 is 4.74 Å². The van der Waals surface area contributed by atoms with Gasteiger partial charge in [0.25, 0.3) is 0 Å². The molecule has 0 aliphatic carbocycles. The van der Waals surface area contributed by atoms with Gasteiger partial charge in [-0.1, -0.05) is 35.3 Å². The van der Waals surface area contributed by atoms with Gasteiger partial charge in [0.05, 0.1) is 19.1 Å². The van der Waals surface area contributed by atoms with Crippen LogP contribution in [0.3, 0.4) is 0 Å². The summed E-state index contributed by atoms with van der Waals surface area (Å²) in [5, 5.41) is 17.2. The number of carbonyl (C=O) groups is 2. The van der Waals surface area contributed by atoms with Crippen LogP contribution in [0.15, 0.2) is 36.4 Å². The van der Waals surface area contributed by atoms with Crippen molar-refractivity contribution < 1.29 is 42.4 Å². The second-order valence-electron chi connectivity index (χ2n) is 7.61. The molecule has 192 valence electrons. The molecule has 1 heterocycles. The van der Waals surface area contributed by atoms with Gasteiger partial charge in [0.2, 0.25) is 0 Å². The van der Waals surface area contributed by atoms with Crippen molar-refractivity contribution in [1.82, 2.24) is 4.90 Å². The van der Waals surface area contributed by atoms with Gasteiger partial charge in [-0.3, -0.25) is 9.69 Å². The highest BCUT2D eigenvalue weighted by molar-refractivity contribution is 6.35. The molecule has 12 heteroatoms. The van der Waals surface area contributed by atoms with Gasteiger partial charge >= 0.3 is 18.1 Å². The number of aryl methyl sites for hydroxylation is 1. The Balaban J connectivity index is 0.000000540. The second kappa shape index (κ2) is 13.0. The Hall–Kier alpha value is -2.53. The van der Waals surface area contributed by atoms with E-state index in [0.29, 0.717) is 36.3 Å². The van der Waals surface area contributed by atoms with E-state index in [1.807, 2.05) is 25.1 Å². The Bertz CT molecular complexity index is 1010. The molecule has 1 atom stereocenters. The summed E-state index contributed by atoms with van der Waals surface area (Å²) in [4.78, 5) is 21.8. The maximum Gasteiger partial charge on any atom is 0.490 e. The highest BCUT2D eigenvalue weighted by Gasteiger charge is 2.38. The van der Waals surface area contributed by atoms with Crippen molar-refractivity contribution in [1.29, 1.82) is 0 Å². The lowest BCUT2D eigenvalue weighted by atomic mass is 10.0. The van der Waals surface area contributed by atoms with E-state index < -0.39 is 18.1 Å². The zero-order chi connectivity index (χ0) is 26.2. The molecule has 1 aliphatic heterocycles. The number of carboxylic acid groups (broad SMARTS) is 2. The van der Waals surface area contributed by atoms with Gasteiger partial charge in [-0.25, -0.2) is 4.79 Å². The van der Waals surface area contributed by atoms with Crippen molar-refractivity contribution in [3.8, 4) is 5.75 Å². The van der Waals surface area contributed by atoms with Crippen LogP contribution in [0.25, 0.3) is 0 Å². The second-order valence-corrected chi connectivity index (χ2v) is 8.43. The van der Waals surface area contributed by atoms with E-state index in [2.05, 4.69) is 4.90 Å². The minimum absolute atomic E-state index is 0.0744. The van der Waals surface area contributed by atoms with Crippen LogP contribution in [0.2, 0.25) is 10.0 Å². The third kappa shape index (κ3) is 9.21. The molecule has 0 bridgehead atoms. The van der Waals surface area contributed by atoms with E-state index in [-0.39, 0.29) is 12.5 Å². The summed E-state index contributed by atoms with van der Waals surface area (Å²) in [6.45, 7) is 4.87. The summed E-state index contributed by atoms with van der Waals surface area (Å²) in [6.07, 6.45) is -5.02. The molecule has 7 nitrogen and oxygen atoms in total. The predicted molar refractivity (Wildman–Crippen MR) is 123 cm³/mol. The average molecular weight is 538 g/mol. The van der Waals surface area contributed by atoms with Crippen molar-refractivity contribution >= 4 is 35.1 Å². The lowest BCUT2D eigenvalue weighted by Crippen LogP contribution is -2.39. The summed E-state index contributed by atoms with van der Waals surface area (Å²) >= 11 is 12.4. The quantitative estimate of drug-likeness (QED) is 0.490. The molecule has 0 aromatic heterocycles. The van der Waals surface area contributed by atoms with Gasteiger partial charge in [-0.15, -0.1) is 0 Å². The fourth-order valence-electron chi connectivity index (χ4n) is 3.27. The molecular formula is C23H24Cl2F3NO6. The largest absolute Gasteiger partial charge is 0.490 e. The number of benzene rings is 2. The van der Waals surface area contributed by atoms with E-state index in [9.17, 15) is 18.0 Å². The molecular weight excluding hydrogens is 514 g/mol. The number of morpholine rings is 1. The molecule has 1 saturated heterocycles. The number of hydrogen-bond donors (Lipinski definition) is 2. The molecule has 0 spiro atoms. The van der Waals surface area contributed by atoms with Gasteiger partial charge in [0.1, 0.15) is 12.4 Å². The molecule has 2 aromatic carbocycles. The van der Waals surface area contributed by atoms with Crippen LogP contribution in [0.5, 0.6) is 5.75 Å². The first-order valence-electron chi connectivity index (χ1n) is 10.4. The maximum atomic E-state index is 10.8. The molecule has 3 rings (SSSR count). The Morgan fingerprint density at radius 3 is 2.34 bits per heavy atom. The summed E-state index contributed by atoms with van der Waals surface area (Å²) in [5.74, 6) is -2.80. The van der Waals surface area contributed by atoms with Crippen molar-refractivity contribution in [2.45, 2.75) is 32.2 Å².